The number of nitrogens with two attached hydrogens (primary N) is 1. The van der Waals surface area contributed by atoms with Gasteiger partial charge in [-0.3, -0.25) is 0 Å². The molecule has 0 amide bonds. The van der Waals surface area contributed by atoms with Crippen LogP contribution in [0.5, 0.6) is 5.75 Å². The van der Waals surface area contributed by atoms with Gasteiger partial charge in [-0.1, -0.05) is 30.3 Å². The fourth-order valence-corrected chi connectivity index (χ4v) is 2.72. The Morgan fingerprint density at radius 2 is 2.00 bits per heavy atom. The predicted octanol–water partition coefficient (Wildman–Crippen LogP) is 3.53. The zero-order valence-corrected chi connectivity index (χ0v) is 11.5. The average molecular weight is 271 g/mol. The zero-order chi connectivity index (χ0) is 14.1. The molecule has 1 aliphatic carbocycles. The lowest BCUT2D eigenvalue weighted by Crippen LogP contribution is -2.35. The van der Waals surface area contributed by atoms with Gasteiger partial charge in [0.25, 0.3) is 0 Å². The molecule has 3 rings (SSSR count). The molecule has 0 radical (unpaired) electrons. The summed E-state index contributed by atoms with van der Waals surface area (Å²) < 4.78 is 19.5. The Hall–Kier alpha value is -1.87. The van der Waals surface area contributed by atoms with Gasteiger partial charge in [-0.2, -0.15) is 0 Å². The Morgan fingerprint density at radius 3 is 2.80 bits per heavy atom. The van der Waals surface area contributed by atoms with E-state index in [1.54, 1.807) is 19.1 Å². The summed E-state index contributed by atoms with van der Waals surface area (Å²) in [7, 11) is 0. The molecular weight excluding hydrogens is 253 g/mol. The Balaban J connectivity index is 1.81. The molecule has 0 aliphatic heterocycles. The molecule has 0 bridgehead atoms. The lowest BCUT2D eigenvalue weighted by Gasteiger charge is -2.31. The smallest absolute Gasteiger partial charge is 0.129 e. The van der Waals surface area contributed by atoms with E-state index in [0.29, 0.717) is 11.3 Å². The first-order valence-corrected chi connectivity index (χ1v) is 6.91. The van der Waals surface area contributed by atoms with Gasteiger partial charge in [0.15, 0.2) is 0 Å². The maximum Gasteiger partial charge on any atom is 0.129 e. The molecule has 2 aromatic rings. The predicted molar refractivity (Wildman–Crippen MR) is 77.2 cm³/mol. The minimum Gasteiger partial charge on any atom is -0.488 e. The summed E-state index contributed by atoms with van der Waals surface area (Å²) in [6, 6.07) is 13.0. The van der Waals surface area contributed by atoms with Crippen LogP contribution in [0.3, 0.4) is 0 Å². The highest BCUT2D eigenvalue weighted by atomic mass is 19.1. The van der Waals surface area contributed by atoms with Crippen LogP contribution in [0.2, 0.25) is 0 Å². The lowest BCUT2D eigenvalue weighted by molar-refractivity contribution is 0.153. The zero-order valence-electron chi connectivity index (χ0n) is 11.5. The number of hydrogen-bond donors (Lipinski definition) is 1. The molecule has 3 heteroatoms. The number of fused-ring (bicyclic) bond motifs is 1. The summed E-state index contributed by atoms with van der Waals surface area (Å²) in [5.74, 6) is 0.306. The molecule has 104 valence electrons. The lowest BCUT2D eigenvalue weighted by atomic mass is 9.86. The summed E-state index contributed by atoms with van der Waals surface area (Å²) in [6.45, 7) is 1.74. The van der Waals surface area contributed by atoms with E-state index < -0.39 is 0 Å². The van der Waals surface area contributed by atoms with E-state index >= 15 is 0 Å². The van der Waals surface area contributed by atoms with Crippen LogP contribution >= 0.6 is 0 Å². The summed E-state index contributed by atoms with van der Waals surface area (Å²) >= 11 is 0. The third kappa shape index (κ3) is 2.41. The molecule has 0 aromatic heterocycles. The molecule has 0 saturated heterocycles. The first-order valence-electron chi connectivity index (χ1n) is 6.91. The summed E-state index contributed by atoms with van der Waals surface area (Å²) in [5, 5.41) is 0. The Bertz CT molecular complexity index is 626. The third-order valence-corrected chi connectivity index (χ3v) is 3.94. The van der Waals surface area contributed by atoms with Crippen molar-refractivity contribution in [3.63, 3.8) is 0 Å². The number of halogens is 1. The normalized spacial score (nSPS) is 21.4. The molecule has 20 heavy (non-hydrogen) atoms. The van der Waals surface area contributed by atoms with Gasteiger partial charge in [-0.05, 0) is 42.5 Å². The van der Waals surface area contributed by atoms with Crippen molar-refractivity contribution in [2.75, 3.05) is 0 Å². The van der Waals surface area contributed by atoms with E-state index in [4.69, 9.17) is 10.5 Å². The molecule has 2 unspecified atom stereocenters. The highest BCUT2D eigenvalue weighted by Gasteiger charge is 2.28. The van der Waals surface area contributed by atoms with Crippen LogP contribution in [0, 0.1) is 12.7 Å². The topological polar surface area (TPSA) is 35.2 Å². The van der Waals surface area contributed by atoms with Crippen LogP contribution in [-0.2, 0) is 6.42 Å². The van der Waals surface area contributed by atoms with Crippen molar-refractivity contribution in [2.45, 2.75) is 31.9 Å². The van der Waals surface area contributed by atoms with E-state index in [-0.39, 0.29) is 18.0 Å². The summed E-state index contributed by atoms with van der Waals surface area (Å²) in [5.41, 5.74) is 9.33. The van der Waals surface area contributed by atoms with Crippen LogP contribution in [0.4, 0.5) is 4.39 Å². The van der Waals surface area contributed by atoms with Crippen molar-refractivity contribution in [2.24, 2.45) is 5.73 Å². The molecular formula is C17H18FNO. The molecule has 1 aliphatic rings. The molecule has 0 heterocycles. The number of ether oxygens (including phenoxy) is 1. The average Bonchev–Trinajstić information content (AvgIpc) is 2.46. The molecule has 0 saturated carbocycles. The molecule has 2 nitrogen and oxygen atoms in total. The van der Waals surface area contributed by atoms with Crippen LogP contribution < -0.4 is 10.5 Å². The van der Waals surface area contributed by atoms with Gasteiger partial charge in [0.2, 0.25) is 0 Å². The van der Waals surface area contributed by atoms with Crippen molar-refractivity contribution >= 4 is 0 Å². The van der Waals surface area contributed by atoms with E-state index in [9.17, 15) is 4.39 Å². The Labute approximate surface area is 118 Å². The Morgan fingerprint density at radius 1 is 1.20 bits per heavy atom. The standard InChI is InChI=1S/C17H18FNO/c1-11-6-8-13(10-15(11)18)20-16-9-7-12-4-2-3-5-14(12)17(16)19/h2-6,8,10,16-17H,7,9,19H2,1H3. The molecule has 2 atom stereocenters. The summed E-state index contributed by atoms with van der Waals surface area (Å²) in [4.78, 5) is 0. The van der Waals surface area contributed by atoms with Gasteiger partial charge >= 0.3 is 0 Å². The minimum absolute atomic E-state index is 0.105. The number of aryl methyl sites for hydroxylation is 2. The van der Waals surface area contributed by atoms with Crippen LogP contribution in [0.25, 0.3) is 0 Å². The third-order valence-electron chi connectivity index (χ3n) is 3.94. The monoisotopic (exact) mass is 271 g/mol. The molecule has 2 aromatic carbocycles. The maximum atomic E-state index is 13.6. The second-order valence-electron chi connectivity index (χ2n) is 5.33. The van der Waals surface area contributed by atoms with Crippen molar-refractivity contribution in [3.05, 3.63) is 65.0 Å². The van der Waals surface area contributed by atoms with E-state index in [0.717, 1.165) is 18.4 Å². The molecule has 2 N–H and O–H groups in total. The number of rotatable bonds is 2. The van der Waals surface area contributed by atoms with E-state index in [1.165, 1.54) is 11.6 Å². The van der Waals surface area contributed by atoms with Gasteiger partial charge in [-0.25, -0.2) is 4.39 Å². The maximum absolute atomic E-state index is 13.6. The SMILES string of the molecule is Cc1ccc(OC2CCc3ccccc3C2N)cc1F. The van der Waals surface area contributed by atoms with Gasteiger partial charge < -0.3 is 10.5 Å². The molecule has 0 spiro atoms. The van der Waals surface area contributed by atoms with Crippen molar-refractivity contribution < 1.29 is 9.13 Å². The fourth-order valence-electron chi connectivity index (χ4n) is 2.72. The highest BCUT2D eigenvalue weighted by Crippen LogP contribution is 2.31. The number of benzene rings is 2. The van der Waals surface area contributed by atoms with Gasteiger partial charge in [-0.15, -0.1) is 0 Å². The van der Waals surface area contributed by atoms with Crippen molar-refractivity contribution in [3.8, 4) is 5.75 Å². The summed E-state index contributed by atoms with van der Waals surface area (Å²) in [6.07, 6.45) is 1.70. The first kappa shape index (κ1) is 13.1. The van der Waals surface area contributed by atoms with E-state index in [2.05, 4.69) is 6.07 Å². The van der Waals surface area contributed by atoms with Gasteiger partial charge in [0, 0.05) is 6.07 Å². The van der Waals surface area contributed by atoms with Crippen LogP contribution in [0.1, 0.15) is 29.2 Å². The number of hydrogen-bond acceptors (Lipinski definition) is 2. The highest BCUT2D eigenvalue weighted by molar-refractivity contribution is 5.34. The van der Waals surface area contributed by atoms with Crippen molar-refractivity contribution in [1.29, 1.82) is 0 Å². The fraction of sp³-hybridized carbons (Fsp3) is 0.294. The Kier molecular flexibility index (Phi) is 3.45. The van der Waals surface area contributed by atoms with Gasteiger partial charge in [0.05, 0.1) is 6.04 Å². The quantitative estimate of drug-likeness (QED) is 0.907. The van der Waals surface area contributed by atoms with Crippen molar-refractivity contribution in [1.82, 2.24) is 0 Å². The minimum atomic E-state index is -0.243. The van der Waals surface area contributed by atoms with Crippen LogP contribution in [-0.4, -0.2) is 6.10 Å². The van der Waals surface area contributed by atoms with Gasteiger partial charge in [0.1, 0.15) is 17.7 Å². The van der Waals surface area contributed by atoms with Crippen LogP contribution in [0.15, 0.2) is 42.5 Å². The molecule has 0 fully saturated rings. The van der Waals surface area contributed by atoms with E-state index in [1.807, 2.05) is 18.2 Å². The first-order chi connectivity index (χ1) is 9.65. The second-order valence-corrected chi connectivity index (χ2v) is 5.33. The second kappa shape index (κ2) is 5.25. The largest absolute Gasteiger partial charge is 0.488 e.